The van der Waals surface area contributed by atoms with Crippen molar-refractivity contribution in [3.63, 3.8) is 0 Å². The van der Waals surface area contributed by atoms with Gasteiger partial charge < -0.3 is 9.15 Å². The SMILES string of the molecule is CC(=O)OCC(Cl)n1cnc2c(-c3ccco3)ncnc21. The van der Waals surface area contributed by atoms with Gasteiger partial charge in [0.05, 0.1) is 12.6 Å². The van der Waals surface area contributed by atoms with Crippen LogP contribution in [0.1, 0.15) is 12.4 Å². The molecule has 108 valence electrons. The van der Waals surface area contributed by atoms with E-state index in [9.17, 15) is 4.79 Å². The van der Waals surface area contributed by atoms with Gasteiger partial charge in [-0.05, 0) is 12.1 Å². The number of hydrogen-bond acceptors (Lipinski definition) is 6. The van der Waals surface area contributed by atoms with Crippen LogP contribution in [0, 0.1) is 0 Å². The monoisotopic (exact) mass is 306 g/mol. The third-order valence-corrected chi connectivity index (χ3v) is 3.18. The molecule has 0 radical (unpaired) electrons. The number of hydrogen-bond donors (Lipinski definition) is 0. The average Bonchev–Trinajstić information content (AvgIpc) is 3.13. The summed E-state index contributed by atoms with van der Waals surface area (Å²) in [5.41, 5.74) is 1.10. The van der Waals surface area contributed by atoms with Crippen molar-refractivity contribution in [3.8, 4) is 11.5 Å². The smallest absolute Gasteiger partial charge is 0.302 e. The number of rotatable bonds is 4. The zero-order valence-corrected chi connectivity index (χ0v) is 11.8. The molecule has 21 heavy (non-hydrogen) atoms. The summed E-state index contributed by atoms with van der Waals surface area (Å²) in [5, 5.41) is 0. The van der Waals surface area contributed by atoms with Gasteiger partial charge in [-0.25, -0.2) is 15.0 Å². The van der Waals surface area contributed by atoms with Crippen molar-refractivity contribution >= 4 is 28.7 Å². The number of alkyl halides is 1. The second-order valence-corrected chi connectivity index (χ2v) is 4.76. The fraction of sp³-hybridized carbons (Fsp3) is 0.231. The minimum absolute atomic E-state index is 0.0302. The Morgan fingerprint density at radius 1 is 1.48 bits per heavy atom. The molecular formula is C13H11ClN4O3. The van der Waals surface area contributed by atoms with E-state index in [0.29, 0.717) is 22.6 Å². The number of aromatic nitrogens is 4. The first-order chi connectivity index (χ1) is 10.2. The lowest BCUT2D eigenvalue weighted by Crippen LogP contribution is -2.12. The Balaban J connectivity index is 1.99. The average molecular weight is 307 g/mol. The first-order valence-electron chi connectivity index (χ1n) is 6.15. The number of halogens is 1. The van der Waals surface area contributed by atoms with Gasteiger partial charge >= 0.3 is 5.97 Å². The molecule has 0 fully saturated rings. The van der Waals surface area contributed by atoms with Gasteiger partial charge in [-0.3, -0.25) is 9.36 Å². The van der Waals surface area contributed by atoms with Gasteiger partial charge in [0.25, 0.3) is 0 Å². The minimum atomic E-state index is -0.599. The van der Waals surface area contributed by atoms with E-state index < -0.39 is 11.5 Å². The van der Waals surface area contributed by atoms with Crippen molar-refractivity contribution in [2.24, 2.45) is 0 Å². The van der Waals surface area contributed by atoms with Crippen LogP contribution in [0.5, 0.6) is 0 Å². The predicted octanol–water partition coefficient (Wildman–Crippen LogP) is 2.39. The van der Waals surface area contributed by atoms with Gasteiger partial charge in [-0.15, -0.1) is 0 Å². The third kappa shape index (κ3) is 2.59. The second-order valence-electron chi connectivity index (χ2n) is 4.26. The Labute approximate surface area is 124 Å². The molecule has 0 aliphatic heterocycles. The molecule has 1 atom stereocenters. The molecular weight excluding hydrogens is 296 g/mol. The highest BCUT2D eigenvalue weighted by molar-refractivity contribution is 6.19. The first-order valence-corrected chi connectivity index (χ1v) is 6.59. The van der Waals surface area contributed by atoms with Crippen LogP contribution < -0.4 is 0 Å². The Hall–Kier alpha value is -2.41. The molecule has 0 aliphatic rings. The summed E-state index contributed by atoms with van der Waals surface area (Å²) >= 11 is 6.21. The summed E-state index contributed by atoms with van der Waals surface area (Å²) in [6.07, 6.45) is 4.51. The van der Waals surface area contributed by atoms with Crippen LogP contribution in [0.3, 0.4) is 0 Å². The summed E-state index contributed by atoms with van der Waals surface area (Å²) in [7, 11) is 0. The van der Waals surface area contributed by atoms with E-state index in [-0.39, 0.29) is 6.61 Å². The quantitative estimate of drug-likeness (QED) is 0.543. The number of carbonyl (C=O) groups excluding carboxylic acids is 1. The largest absolute Gasteiger partial charge is 0.463 e. The number of nitrogens with zero attached hydrogens (tertiary/aromatic N) is 4. The Bertz CT molecular complexity index is 769. The van der Waals surface area contributed by atoms with Crippen molar-refractivity contribution in [1.29, 1.82) is 0 Å². The summed E-state index contributed by atoms with van der Waals surface area (Å²) in [6, 6.07) is 3.56. The predicted molar refractivity (Wildman–Crippen MR) is 74.5 cm³/mol. The van der Waals surface area contributed by atoms with Crippen molar-refractivity contribution < 1.29 is 13.9 Å². The summed E-state index contributed by atoms with van der Waals surface area (Å²) in [5.74, 6) is 0.203. The van der Waals surface area contributed by atoms with E-state index in [4.69, 9.17) is 20.8 Å². The topological polar surface area (TPSA) is 83.0 Å². The van der Waals surface area contributed by atoms with Gasteiger partial charge in [0.15, 0.2) is 11.4 Å². The third-order valence-electron chi connectivity index (χ3n) is 2.84. The van der Waals surface area contributed by atoms with Gasteiger partial charge in [0, 0.05) is 6.92 Å². The van der Waals surface area contributed by atoms with Gasteiger partial charge in [0.1, 0.15) is 29.6 Å². The van der Waals surface area contributed by atoms with Gasteiger partial charge in [-0.2, -0.15) is 0 Å². The van der Waals surface area contributed by atoms with E-state index >= 15 is 0 Å². The van der Waals surface area contributed by atoms with Crippen LogP contribution >= 0.6 is 11.6 Å². The fourth-order valence-electron chi connectivity index (χ4n) is 1.92. The molecule has 3 aromatic heterocycles. The Kier molecular flexibility index (Phi) is 3.57. The molecule has 1 unspecified atom stereocenters. The molecule has 0 saturated carbocycles. The Morgan fingerprint density at radius 2 is 2.33 bits per heavy atom. The van der Waals surface area contributed by atoms with E-state index in [1.165, 1.54) is 19.6 Å². The van der Waals surface area contributed by atoms with Crippen LogP contribution in [-0.4, -0.2) is 32.1 Å². The minimum Gasteiger partial charge on any atom is -0.463 e. The molecule has 3 aromatic rings. The number of esters is 1. The molecule has 7 nitrogen and oxygen atoms in total. The highest BCUT2D eigenvalue weighted by atomic mass is 35.5. The molecule has 0 aromatic carbocycles. The van der Waals surface area contributed by atoms with Crippen molar-refractivity contribution in [3.05, 3.63) is 31.1 Å². The lowest BCUT2D eigenvalue weighted by molar-refractivity contribution is -0.141. The molecule has 0 spiro atoms. The number of carbonyl (C=O) groups is 1. The molecule has 0 bridgehead atoms. The first kappa shape index (κ1) is 13.6. The van der Waals surface area contributed by atoms with Gasteiger partial charge in [-0.1, -0.05) is 11.6 Å². The van der Waals surface area contributed by atoms with Crippen molar-refractivity contribution in [2.45, 2.75) is 12.4 Å². The number of furan rings is 1. The van der Waals surface area contributed by atoms with Crippen molar-refractivity contribution in [2.75, 3.05) is 6.61 Å². The van der Waals surface area contributed by atoms with Crippen LogP contribution in [0.25, 0.3) is 22.6 Å². The molecule has 8 heteroatoms. The molecule has 3 rings (SSSR count). The van der Waals surface area contributed by atoms with Gasteiger partial charge in [0.2, 0.25) is 0 Å². The number of fused-ring (bicyclic) bond motifs is 1. The number of ether oxygens (including phenoxy) is 1. The van der Waals surface area contributed by atoms with Crippen molar-refractivity contribution in [1.82, 2.24) is 19.5 Å². The molecule has 0 amide bonds. The summed E-state index contributed by atoms with van der Waals surface area (Å²) in [4.78, 5) is 23.5. The van der Waals surface area contributed by atoms with Crippen LogP contribution in [0.2, 0.25) is 0 Å². The highest BCUT2D eigenvalue weighted by Crippen LogP contribution is 2.26. The number of imidazole rings is 1. The summed E-state index contributed by atoms with van der Waals surface area (Å²) < 4.78 is 11.9. The van der Waals surface area contributed by atoms with Crippen LogP contribution in [0.4, 0.5) is 0 Å². The molecule has 0 saturated heterocycles. The lowest BCUT2D eigenvalue weighted by atomic mass is 10.3. The van der Waals surface area contributed by atoms with E-state index in [1.54, 1.807) is 23.0 Å². The van der Waals surface area contributed by atoms with E-state index in [1.807, 2.05) is 0 Å². The highest BCUT2D eigenvalue weighted by Gasteiger charge is 2.18. The maximum atomic E-state index is 10.8. The summed E-state index contributed by atoms with van der Waals surface area (Å²) in [6.45, 7) is 1.36. The normalized spacial score (nSPS) is 12.5. The maximum Gasteiger partial charge on any atom is 0.302 e. The molecule has 3 heterocycles. The lowest BCUT2D eigenvalue weighted by Gasteiger charge is -2.11. The van der Waals surface area contributed by atoms with E-state index in [0.717, 1.165) is 0 Å². The molecule has 0 N–H and O–H groups in total. The van der Waals surface area contributed by atoms with E-state index in [2.05, 4.69) is 15.0 Å². The molecule has 0 aliphatic carbocycles. The second kappa shape index (κ2) is 5.53. The maximum absolute atomic E-state index is 10.8. The van der Waals surface area contributed by atoms with Crippen LogP contribution in [-0.2, 0) is 9.53 Å². The standard InChI is InChI=1S/C13H11ClN4O3/c1-8(19)21-5-10(14)18-7-17-12-11(9-3-2-4-20-9)15-6-16-13(12)18/h2-4,6-7,10H,5H2,1H3. The zero-order valence-electron chi connectivity index (χ0n) is 11.1. The fourth-order valence-corrected chi connectivity index (χ4v) is 2.12. The Morgan fingerprint density at radius 3 is 3.05 bits per heavy atom. The van der Waals surface area contributed by atoms with Crippen LogP contribution in [0.15, 0.2) is 35.5 Å². The zero-order chi connectivity index (χ0) is 14.8.